The number of hydrogen-bond donors (Lipinski definition) is 1. The summed E-state index contributed by atoms with van der Waals surface area (Å²) in [6, 6.07) is 0. The van der Waals surface area contributed by atoms with E-state index in [9.17, 15) is 4.79 Å². The molecule has 1 aromatic heterocycles. The summed E-state index contributed by atoms with van der Waals surface area (Å²) in [4.78, 5) is 11.5. The number of nitrogens with one attached hydrogen (secondary N) is 1. The predicted octanol–water partition coefficient (Wildman–Crippen LogP) is 0.972. The molecule has 15 heavy (non-hydrogen) atoms. The normalized spacial score (nSPS) is 21.4. The van der Waals surface area contributed by atoms with Gasteiger partial charge in [0.05, 0.1) is 6.20 Å². The minimum absolute atomic E-state index is 0.147. The lowest BCUT2D eigenvalue weighted by atomic mass is 9.93. The summed E-state index contributed by atoms with van der Waals surface area (Å²) < 4.78 is 1.90. The van der Waals surface area contributed by atoms with Crippen molar-refractivity contribution < 1.29 is 4.79 Å². The Bertz CT molecular complexity index is 345. The number of piperidine rings is 1. The molecule has 0 radical (unpaired) electrons. The minimum atomic E-state index is 0.147. The van der Waals surface area contributed by atoms with Crippen LogP contribution in [0.3, 0.4) is 0 Å². The third-order valence-electron chi connectivity index (χ3n) is 2.89. The van der Waals surface area contributed by atoms with Crippen molar-refractivity contribution in [1.82, 2.24) is 15.1 Å². The Morgan fingerprint density at radius 2 is 2.53 bits per heavy atom. The van der Waals surface area contributed by atoms with E-state index in [-0.39, 0.29) is 11.8 Å². The van der Waals surface area contributed by atoms with Gasteiger partial charge in [-0.25, -0.2) is 0 Å². The molecule has 1 aromatic rings. The maximum absolute atomic E-state index is 11.5. The van der Waals surface area contributed by atoms with Crippen LogP contribution >= 0.6 is 0 Å². The summed E-state index contributed by atoms with van der Waals surface area (Å²) in [6.07, 6.45) is 6.82. The van der Waals surface area contributed by atoms with Crippen molar-refractivity contribution in [2.24, 2.45) is 5.92 Å². The van der Waals surface area contributed by atoms with Gasteiger partial charge in [-0.05, 0) is 31.7 Å². The maximum Gasteiger partial charge on any atom is 0.223 e. The first-order valence-corrected chi connectivity index (χ1v) is 5.58. The number of nitrogens with zero attached hydrogens (tertiary/aromatic N) is 2. The molecule has 1 N–H and O–H groups in total. The predicted molar refractivity (Wildman–Crippen MR) is 57.3 cm³/mol. The molecule has 1 fully saturated rings. The standard InChI is InChI=1S/C11H17N3O/c1-2-14-8-9(7-13-14)6-10-4-3-5-12-11(10)15/h7-8,10H,2-6H2,1H3,(H,12,15). The zero-order valence-corrected chi connectivity index (χ0v) is 9.07. The number of amides is 1. The Labute approximate surface area is 89.7 Å². The van der Waals surface area contributed by atoms with Gasteiger partial charge in [0.25, 0.3) is 0 Å². The highest BCUT2D eigenvalue weighted by Gasteiger charge is 2.22. The van der Waals surface area contributed by atoms with Crippen molar-refractivity contribution in [1.29, 1.82) is 0 Å². The van der Waals surface area contributed by atoms with E-state index in [4.69, 9.17) is 0 Å². The molecule has 1 aliphatic heterocycles. The van der Waals surface area contributed by atoms with E-state index in [0.29, 0.717) is 0 Å². The number of hydrogen-bond acceptors (Lipinski definition) is 2. The summed E-state index contributed by atoms with van der Waals surface area (Å²) in [7, 11) is 0. The number of carbonyl (C=O) groups excluding carboxylic acids is 1. The van der Waals surface area contributed by atoms with Crippen LogP contribution in [0, 0.1) is 5.92 Å². The lowest BCUT2D eigenvalue weighted by Crippen LogP contribution is -2.37. The van der Waals surface area contributed by atoms with Crippen molar-refractivity contribution in [3.63, 3.8) is 0 Å². The molecular weight excluding hydrogens is 190 g/mol. The van der Waals surface area contributed by atoms with Gasteiger partial charge in [0.2, 0.25) is 5.91 Å². The van der Waals surface area contributed by atoms with Crippen LogP contribution in [0.2, 0.25) is 0 Å². The monoisotopic (exact) mass is 207 g/mol. The Morgan fingerprint density at radius 3 is 3.20 bits per heavy atom. The molecule has 0 aromatic carbocycles. The van der Waals surface area contributed by atoms with Crippen LogP contribution in [-0.4, -0.2) is 22.2 Å². The molecule has 1 atom stereocenters. The van der Waals surface area contributed by atoms with Crippen LogP contribution in [0.4, 0.5) is 0 Å². The van der Waals surface area contributed by atoms with Crippen LogP contribution in [-0.2, 0) is 17.8 Å². The van der Waals surface area contributed by atoms with Crippen molar-refractivity contribution in [2.75, 3.05) is 6.54 Å². The molecule has 2 heterocycles. The van der Waals surface area contributed by atoms with Gasteiger partial charge in [-0.1, -0.05) is 0 Å². The zero-order valence-electron chi connectivity index (χ0n) is 9.07. The van der Waals surface area contributed by atoms with Gasteiger partial charge in [0.1, 0.15) is 0 Å². The molecule has 0 aliphatic carbocycles. The molecule has 0 saturated carbocycles. The summed E-state index contributed by atoms with van der Waals surface area (Å²) in [5.41, 5.74) is 1.17. The summed E-state index contributed by atoms with van der Waals surface area (Å²) in [5, 5.41) is 7.12. The SMILES string of the molecule is CCn1cc(CC2CCCNC2=O)cn1. The smallest absolute Gasteiger partial charge is 0.223 e. The quantitative estimate of drug-likeness (QED) is 0.803. The van der Waals surface area contributed by atoms with Crippen LogP contribution in [0.5, 0.6) is 0 Å². The summed E-state index contributed by atoms with van der Waals surface area (Å²) >= 11 is 0. The lowest BCUT2D eigenvalue weighted by Gasteiger charge is -2.20. The number of aryl methyl sites for hydroxylation is 1. The molecule has 82 valence electrons. The van der Waals surface area contributed by atoms with Crippen molar-refractivity contribution in [3.05, 3.63) is 18.0 Å². The third kappa shape index (κ3) is 2.37. The average molecular weight is 207 g/mol. The van der Waals surface area contributed by atoms with Gasteiger partial charge in [-0.2, -0.15) is 5.10 Å². The Balaban J connectivity index is 1.98. The fraction of sp³-hybridized carbons (Fsp3) is 0.636. The fourth-order valence-corrected chi connectivity index (χ4v) is 2.00. The molecule has 0 bridgehead atoms. The fourth-order valence-electron chi connectivity index (χ4n) is 2.00. The van der Waals surface area contributed by atoms with E-state index in [0.717, 1.165) is 32.4 Å². The number of carbonyl (C=O) groups is 1. The molecule has 1 aliphatic rings. The van der Waals surface area contributed by atoms with Gasteiger partial charge < -0.3 is 5.32 Å². The lowest BCUT2D eigenvalue weighted by molar-refractivity contribution is -0.126. The van der Waals surface area contributed by atoms with Gasteiger partial charge in [0, 0.05) is 25.2 Å². The van der Waals surface area contributed by atoms with Crippen LogP contribution in [0.15, 0.2) is 12.4 Å². The molecule has 4 heteroatoms. The summed E-state index contributed by atoms with van der Waals surface area (Å²) in [5.74, 6) is 0.346. The van der Waals surface area contributed by atoms with E-state index in [2.05, 4.69) is 17.3 Å². The van der Waals surface area contributed by atoms with Crippen LogP contribution in [0.1, 0.15) is 25.3 Å². The second kappa shape index (κ2) is 4.47. The van der Waals surface area contributed by atoms with E-state index < -0.39 is 0 Å². The molecule has 1 saturated heterocycles. The highest BCUT2D eigenvalue weighted by molar-refractivity contribution is 5.79. The van der Waals surface area contributed by atoms with Gasteiger partial charge in [-0.3, -0.25) is 9.48 Å². The largest absolute Gasteiger partial charge is 0.356 e. The van der Waals surface area contributed by atoms with Crippen molar-refractivity contribution in [2.45, 2.75) is 32.7 Å². The van der Waals surface area contributed by atoms with E-state index in [1.54, 1.807) is 0 Å². The Morgan fingerprint density at radius 1 is 1.67 bits per heavy atom. The van der Waals surface area contributed by atoms with Crippen LogP contribution < -0.4 is 5.32 Å². The molecule has 1 amide bonds. The van der Waals surface area contributed by atoms with Crippen molar-refractivity contribution in [3.8, 4) is 0 Å². The third-order valence-corrected chi connectivity index (χ3v) is 2.89. The Kier molecular flexibility index (Phi) is 3.04. The number of aromatic nitrogens is 2. The molecular formula is C11H17N3O. The first-order valence-electron chi connectivity index (χ1n) is 5.58. The second-order valence-corrected chi connectivity index (χ2v) is 4.04. The van der Waals surface area contributed by atoms with Crippen molar-refractivity contribution >= 4 is 5.91 Å². The highest BCUT2D eigenvalue weighted by atomic mass is 16.1. The van der Waals surface area contributed by atoms with Gasteiger partial charge in [0.15, 0.2) is 0 Å². The first kappa shape index (κ1) is 10.2. The molecule has 0 spiro atoms. The first-order chi connectivity index (χ1) is 7.29. The van der Waals surface area contributed by atoms with E-state index in [1.165, 1.54) is 5.56 Å². The van der Waals surface area contributed by atoms with Crippen LogP contribution in [0.25, 0.3) is 0 Å². The Hall–Kier alpha value is -1.32. The second-order valence-electron chi connectivity index (χ2n) is 4.04. The zero-order chi connectivity index (χ0) is 10.7. The average Bonchev–Trinajstić information content (AvgIpc) is 2.69. The molecule has 1 unspecified atom stereocenters. The van der Waals surface area contributed by atoms with Gasteiger partial charge in [-0.15, -0.1) is 0 Å². The topological polar surface area (TPSA) is 46.9 Å². The van der Waals surface area contributed by atoms with E-state index in [1.807, 2.05) is 17.1 Å². The maximum atomic E-state index is 11.5. The number of rotatable bonds is 3. The van der Waals surface area contributed by atoms with E-state index >= 15 is 0 Å². The molecule has 2 rings (SSSR count). The highest BCUT2D eigenvalue weighted by Crippen LogP contribution is 2.16. The summed E-state index contributed by atoms with van der Waals surface area (Å²) in [6.45, 7) is 3.78. The van der Waals surface area contributed by atoms with Gasteiger partial charge >= 0.3 is 0 Å². The minimum Gasteiger partial charge on any atom is -0.356 e. The molecule has 4 nitrogen and oxygen atoms in total.